The summed E-state index contributed by atoms with van der Waals surface area (Å²) in [6, 6.07) is 0. The Bertz CT molecular complexity index is 859. The molecule has 4 nitrogen and oxygen atoms in total. The topological polar surface area (TPSA) is 52.6 Å². The molecule has 7 aliphatic rings. The number of hydrogen-bond donors (Lipinski definition) is 0. The molecule has 0 N–H and O–H groups in total. The molecule has 0 aromatic heterocycles. The highest BCUT2D eigenvalue weighted by atomic mass is 16.5. The van der Waals surface area contributed by atoms with E-state index < -0.39 is 0 Å². The lowest BCUT2D eigenvalue weighted by Crippen LogP contribution is -2.30. The Morgan fingerprint density at radius 3 is 1.84 bits per heavy atom. The van der Waals surface area contributed by atoms with Crippen LogP contribution < -0.4 is 0 Å². The van der Waals surface area contributed by atoms with Gasteiger partial charge < -0.3 is 9.47 Å². The van der Waals surface area contributed by atoms with E-state index in [2.05, 4.69) is 24.3 Å². The van der Waals surface area contributed by atoms with Gasteiger partial charge in [0.1, 0.15) is 0 Å². The highest BCUT2D eigenvalue weighted by molar-refractivity contribution is 5.74. The van der Waals surface area contributed by atoms with Gasteiger partial charge in [-0.25, -0.2) is 0 Å². The van der Waals surface area contributed by atoms with E-state index in [0.29, 0.717) is 54.6 Å². The van der Waals surface area contributed by atoms with Crippen LogP contribution in [0.4, 0.5) is 0 Å². The van der Waals surface area contributed by atoms with Crippen molar-refractivity contribution in [3.8, 4) is 0 Å². The van der Waals surface area contributed by atoms with Crippen molar-refractivity contribution in [2.75, 3.05) is 13.2 Å². The first-order chi connectivity index (χ1) is 15.6. The van der Waals surface area contributed by atoms with Crippen molar-refractivity contribution in [2.24, 2.45) is 71.0 Å². The van der Waals surface area contributed by atoms with Crippen LogP contribution in [0.1, 0.15) is 51.4 Å². The third-order valence-electron chi connectivity index (χ3n) is 10.8. The minimum absolute atomic E-state index is 0.0575. The summed E-state index contributed by atoms with van der Waals surface area (Å²) >= 11 is 0. The maximum absolute atomic E-state index is 12.7. The van der Waals surface area contributed by atoms with Gasteiger partial charge in [0.25, 0.3) is 0 Å². The second kappa shape index (κ2) is 7.46. The van der Waals surface area contributed by atoms with Crippen LogP contribution in [0.3, 0.4) is 0 Å². The van der Waals surface area contributed by atoms with Crippen LogP contribution in [-0.4, -0.2) is 25.2 Å². The van der Waals surface area contributed by atoms with E-state index in [-0.39, 0.29) is 23.8 Å². The van der Waals surface area contributed by atoms with E-state index in [9.17, 15) is 9.59 Å². The lowest BCUT2D eigenvalue weighted by atomic mass is 9.76. The van der Waals surface area contributed by atoms with Crippen molar-refractivity contribution in [1.82, 2.24) is 0 Å². The van der Waals surface area contributed by atoms with E-state index in [1.165, 1.54) is 25.7 Å². The van der Waals surface area contributed by atoms with Crippen molar-refractivity contribution in [2.45, 2.75) is 51.4 Å². The molecule has 0 amide bonds. The maximum Gasteiger partial charge on any atom is 0.309 e. The number of carbonyl (C=O) groups excluding carboxylic acids is 2. The smallest absolute Gasteiger partial charge is 0.309 e. The van der Waals surface area contributed by atoms with Crippen LogP contribution in [0.5, 0.6) is 0 Å². The largest absolute Gasteiger partial charge is 0.465 e. The molecule has 0 saturated heterocycles. The summed E-state index contributed by atoms with van der Waals surface area (Å²) in [6.07, 6.45) is 18.4. The summed E-state index contributed by atoms with van der Waals surface area (Å²) in [6.45, 7) is 1.26. The number of rotatable bonds is 6. The summed E-state index contributed by atoms with van der Waals surface area (Å²) < 4.78 is 11.8. The molecule has 5 fully saturated rings. The molecule has 0 spiro atoms. The van der Waals surface area contributed by atoms with E-state index in [0.717, 1.165) is 43.4 Å². The Labute approximate surface area is 191 Å². The minimum Gasteiger partial charge on any atom is -0.465 e. The van der Waals surface area contributed by atoms with Crippen LogP contribution in [0.2, 0.25) is 0 Å². The summed E-state index contributed by atoms with van der Waals surface area (Å²) in [7, 11) is 0. The lowest BCUT2D eigenvalue weighted by molar-refractivity contribution is -0.152. The standard InChI is InChI=1S/C28H36O4/c29-27(24-7-15-1-3-18(24)5-15)31-13-17-9-22-20-11-21(23(12-20)26(22)10-17)14-32-28(30)25-8-16-2-4-19(25)6-16/h1-4,15-26H,5-14H2. The molecule has 0 aliphatic heterocycles. The highest BCUT2D eigenvalue weighted by Gasteiger charge is 2.56. The first-order valence-electron chi connectivity index (χ1n) is 13.3. The normalized spacial score (nSPS) is 51.0. The Morgan fingerprint density at radius 1 is 0.625 bits per heavy atom. The predicted molar refractivity (Wildman–Crippen MR) is 119 cm³/mol. The molecule has 32 heavy (non-hydrogen) atoms. The summed E-state index contributed by atoms with van der Waals surface area (Å²) in [5.74, 6) is 6.65. The van der Waals surface area contributed by atoms with Gasteiger partial charge in [-0.05, 0) is 111 Å². The number of esters is 2. The van der Waals surface area contributed by atoms with Gasteiger partial charge in [-0.1, -0.05) is 24.3 Å². The fourth-order valence-electron chi connectivity index (χ4n) is 9.36. The zero-order chi connectivity index (χ0) is 21.4. The Balaban J connectivity index is 0.897. The van der Waals surface area contributed by atoms with Gasteiger partial charge in [0, 0.05) is 0 Å². The van der Waals surface area contributed by atoms with Crippen LogP contribution in [0, 0.1) is 71.0 Å². The second-order valence-electron chi connectivity index (χ2n) is 12.4. The maximum atomic E-state index is 12.7. The highest BCUT2D eigenvalue weighted by Crippen LogP contribution is 2.62. The summed E-state index contributed by atoms with van der Waals surface area (Å²) in [5.41, 5.74) is 0. The average molecular weight is 437 g/mol. The molecule has 0 radical (unpaired) electrons. The summed E-state index contributed by atoms with van der Waals surface area (Å²) in [5, 5.41) is 0. The summed E-state index contributed by atoms with van der Waals surface area (Å²) in [4.78, 5) is 25.3. The zero-order valence-corrected chi connectivity index (χ0v) is 18.9. The first-order valence-corrected chi connectivity index (χ1v) is 13.3. The van der Waals surface area contributed by atoms with E-state index >= 15 is 0 Å². The van der Waals surface area contributed by atoms with Crippen molar-refractivity contribution < 1.29 is 19.1 Å². The fourth-order valence-corrected chi connectivity index (χ4v) is 9.36. The van der Waals surface area contributed by atoms with Crippen LogP contribution >= 0.6 is 0 Å². The second-order valence-corrected chi connectivity index (χ2v) is 12.4. The minimum atomic E-state index is 0.0575. The van der Waals surface area contributed by atoms with E-state index in [4.69, 9.17) is 9.47 Å². The quantitative estimate of drug-likeness (QED) is 0.444. The fraction of sp³-hybridized carbons (Fsp3) is 0.786. The zero-order valence-electron chi connectivity index (χ0n) is 18.9. The average Bonchev–Trinajstić information content (AvgIpc) is 3.63. The molecule has 4 heteroatoms. The van der Waals surface area contributed by atoms with Gasteiger partial charge in [-0.2, -0.15) is 0 Å². The molecular weight excluding hydrogens is 400 g/mol. The van der Waals surface area contributed by atoms with Gasteiger partial charge in [0.15, 0.2) is 0 Å². The molecule has 7 aliphatic carbocycles. The number of fused-ring (bicyclic) bond motifs is 9. The molecule has 5 saturated carbocycles. The van der Waals surface area contributed by atoms with E-state index in [1.807, 2.05) is 0 Å². The van der Waals surface area contributed by atoms with Crippen LogP contribution in [0.25, 0.3) is 0 Å². The molecular formula is C28H36O4. The Hall–Kier alpha value is -1.58. The third kappa shape index (κ3) is 3.15. The number of hydrogen-bond acceptors (Lipinski definition) is 4. The van der Waals surface area contributed by atoms with Gasteiger partial charge in [0.2, 0.25) is 0 Å². The monoisotopic (exact) mass is 436 g/mol. The van der Waals surface area contributed by atoms with E-state index in [1.54, 1.807) is 0 Å². The molecule has 6 bridgehead atoms. The molecule has 0 aromatic carbocycles. The number of allylic oxidation sites excluding steroid dienone is 4. The number of ether oxygens (including phenoxy) is 2. The Morgan fingerprint density at radius 2 is 1.25 bits per heavy atom. The van der Waals surface area contributed by atoms with Crippen molar-refractivity contribution in [1.29, 1.82) is 0 Å². The molecule has 7 rings (SSSR count). The molecule has 12 unspecified atom stereocenters. The predicted octanol–water partition coefficient (Wildman–Crippen LogP) is 4.80. The van der Waals surface area contributed by atoms with Crippen molar-refractivity contribution in [3.05, 3.63) is 24.3 Å². The van der Waals surface area contributed by atoms with Crippen LogP contribution in [0.15, 0.2) is 24.3 Å². The van der Waals surface area contributed by atoms with Gasteiger partial charge in [-0.3, -0.25) is 9.59 Å². The first kappa shape index (κ1) is 19.9. The molecule has 12 atom stereocenters. The van der Waals surface area contributed by atoms with Crippen LogP contribution in [-0.2, 0) is 19.1 Å². The SMILES string of the molecule is O=C(OCC1CC2C3CC(COC(=O)C4CC5C=CC4C5)C(C3)C2C1)C1CC2C=CC1C2. The Kier molecular flexibility index (Phi) is 4.63. The third-order valence-corrected chi connectivity index (χ3v) is 10.8. The molecule has 0 heterocycles. The molecule has 172 valence electrons. The van der Waals surface area contributed by atoms with Gasteiger partial charge in [0.05, 0.1) is 25.0 Å². The van der Waals surface area contributed by atoms with Gasteiger partial charge in [-0.15, -0.1) is 0 Å². The lowest BCUT2D eigenvalue weighted by Gasteiger charge is -2.31. The van der Waals surface area contributed by atoms with Crippen molar-refractivity contribution >= 4 is 11.9 Å². The van der Waals surface area contributed by atoms with Gasteiger partial charge >= 0.3 is 11.9 Å². The van der Waals surface area contributed by atoms with Crippen molar-refractivity contribution in [3.63, 3.8) is 0 Å². The molecule has 0 aromatic rings. The number of carbonyl (C=O) groups is 2.